The third-order valence-corrected chi connectivity index (χ3v) is 6.47. The van der Waals surface area contributed by atoms with E-state index in [1.54, 1.807) is 0 Å². The van der Waals surface area contributed by atoms with Gasteiger partial charge in [0.2, 0.25) is 0 Å². The summed E-state index contributed by atoms with van der Waals surface area (Å²) in [4.78, 5) is 0. The van der Waals surface area contributed by atoms with Gasteiger partial charge in [0.25, 0.3) is 0 Å². The fraction of sp³-hybridized carbons (Fsp3) is 1.00. The van der Waals surface area contributed by atoms with Gasteiger partial charge in [0.1, 0.15) is 0 Å². The van der Waals surface area contributed by atoms with Gasteiger partial charge in [-0.05, 0) is 55.3 Å². The molecule has 0 aliphatic heterocycles. The minimum atomic E-state index is 0.173. The summed E-state index contributed by atoms with van der Waals surface area (Å²) < 4.78 is 13.0. The minimum absolute atomic E-state index is 0.173. The molecule has 0 radical (unpaired) electrons. The van der Waals surface area contributed by atoms with Crippen LogP contribution in [0.4, 0.5) is 3.89 Å². The van der Waals surface area contributed by atoms with Crippen LogP contribution in [0.15, 0.2) is 0 Å². The van der Waals surface area contributed by atoms with Crippen molar-refractivity contribution in [3.8, 4) is 0 Å². The largest absolute Gasteiger partial charge is 0.165 e. The molecule has 0 bridgehead atoms. The van der Waals surface area contributed by atoms with Crippen LogP contribution in [0.3, 0.4) is 0 Å². The van der Waals surface area contributed by atoms with Crippen LogP contribution in [0.2, 0.25) is 0 Å². The predicted molar refractivity (Wildman–Crippen MR) is 47.3 cm³/mol. The van der Waals surface area contributed by atoms with Crippen LogP contribution in [0.25, 0.3) is 0 Å². The van der Waals surface area contributed by atoms with Gasteiger partial charge in [-0.15, -0.1) is 0 Å². The summed E-state index contributed by atoms with van der Waals surface area (Å²) in [7, 11) is 0. The molecule has 0 spiro atoms. The van der Waals surface area contributed by atoms with E-state index in [-0.39, 0.29) is 4.75 Å². The van der Waals surface area contributed by atoms with Gasteiger partial charge in [0, 0.05) is 0 Å². The molecular formula is C10H13FS. The van der Waals surface area contributed by atoms with E-state index in [1.165, 1.54) is 25.7 Å². The molecule has 4 aliphatic rings. The highest BCUT2D eigenvalue weighted by Gasteiger charge is 2.79. The lowest BCUT2D eigenvalue weighted by Crippen LogP contribution is -2.79. The summed E-state index contributed by atoms with van der Waals surface area (Å²) in [6.45, 7) is 0. The third-order valence-electron chi connectivity index (χ3n) is 5.40. The standard InChI is InChI=1S/C10H13FS/c11-12-10-4-3-7(10)8-5-1-2-6(5)9(8)10/h5-9H,1-4H2. The summed E-state index contributed by atoms with van der Waals surface area (Å²) in [5.74, 6) is 4.64. The SMILES string of the molecule is FSC12CCC1C1C3CCC3C12. The molecule has 0 aromatic heterocycles. The van der Waals surface area contributed by atoms with Crippen molar-refractivity contribution in [1.29, 1.82) is 0 Å². The normalized spacial score (nSPS) is 70.2. The molecule has 0 aromatic rings. The van der Waals surface area contributed by atoms with E-state index in [1.807, 2.05) is 0 Å². The Morgan fingerprint density at radius 1 is 1.17 bits per heavy atom. The zero-order valence-electron chi connectivity index (χ0n) is 7.00. The lowest BCUT2D eigenvalue weighted by Gasteiger charge is -2.81. The molecule has 4 fully saturated rings. The zero-order chi connectivity index (χ0) is 7.92. The van der Waals surface area contributed by atoms with E-state index in [0.717, 1.165) is 29.6 Å². The Bertz CT molecular complexity index is 250. The van der Waals surface area contributed by atoms with Crippen LogP contribution in [0, 0.1) is 29.6 Å². The topological polar surface area (TPSA) is 0 Å². The van der Waals surface area contributed by atoms with Crippen molar-refractivity contribution in [2.75, 3.05) is 0 Å². The number of hydrogen-bond donors (Lipinski definition) is 0. The second-order valence-corrected chi connectivity index (χ2v) is 6.10. The van der Waals surface area contributed by atoms with E-state index in [0.29, 0.717) is 12.1 Å². The number of rotatable bonds is 1. The van der Waals surface area contributed by atoms with Gasteiger partial charge in [-0.3, -0.25) is 0 Å². The van der Waals surface area contributed by atoms with E-state index < -0.39 is 0 Å². The first-order chi connectivity index (χ1) is 5.88. The smallest absolute Gasteiger partial charge is 0.0540 e. The summed E-state index contributed by atoms with van der Waals surface area (Å²) in [6, 6.07) is 0. The van der Waals surface area contributed by atoms with Gasteiger partial charge >= 0.3 is 0 Å². The first kappa shape index (κ1) is 6.69. The fourth-order valence-electron chi connectivity index (χ4n) is 4.67. The molecule has 2 heteroatoms. The van der Waals surface area contributed by atoms with Gasteiger partial charge in [-0.25, -0.2) is 0 Å². The van der Waals surface area contributed by atoms with Crippen molar-refractivity contribution in [3.05, 3.63) is 0 Å². The molecule has 6 unspecified atom stereocenters. The Balaban J connectivity index is 1.68. The van der Waals surface area contributed by atoms with Crippen molar-refractivity contribution < 1.29 is 3.89 Å². The first-order valence-electron chi connectivity index (χ1n) is 5.18. The highest BCUT2D eigenvalue weighted by atomic mass is 32.2. The van der Waals surface area contributed by atoms with Gasteiger partial charge < -0.3 is 0 Å². The molecule has 4 saturated carbocycles. The second kappa shape index (κ2) is 1.73. The maximum absolute atomic E-state index is 12.8. The van der Waals surface area contributed by atoms with Crippen LogP contribution < -0.4 is 0 Å². The Morgan fingerprint density at radius 2 is 2.00 bits per heavy atom. The summed E-state index contributed by atoms with van der Waals surface area (Å²) in [5.41, 5.74) is 0. The molecule has 4 rings (SSSR count). The van der Waals surface area contributed by atoms with E-state index in [4.69, 9.17) is 0 Å². The predicted octanol–water partition coefficient (Wildman–Crippen LogP) is 3.04. The highest BCUT2D eigenvalue weighted by Crippen LogP contribution is 2.82. The lowest BCUT2D eigenvalue weighted by molar-refractivity contribution is -0.267. The minimum Gasteiger partial charge on any atom is -0.165 e. The molecule has 0 amide bonds. The van der Waals surface area contributed by atoms with Crippen LogP contribution >= 0.6 is 12.1 Å². The third kappa shape index (κ3) is 0.413. The monoisotopic (exact) mass is 184 g/mol. The maximum atomic E-state index is 12.8. The summed E-state index contributed by atoms with van der Waals surface area (Å²) in [5, 5.41) is 0. The molecule has 0 nitrogen and oxygen atoms in total. The van der Waals surface area contributed by atoms with Crippen LogP contribution in [-0.4, -0.2) is 4.75 Å². The molecule has 0 N–H and O–H groups in total. The van der Waals surface area contributed by atoms with Crippen molar-refractivity contribution in [2.45, 2.75) is 30.4 Å². The molecule has 66 valence electrons. The Morgan fingerprint density at radius 3 is 2.50 bits per heavy atom. The van der Waals surface area contributed by atoms with E-state index in [2.05, 4.69) is 0 Å². The molecule has 4 aliphatic carbocycles. The molecular weight excluding hydrogens is 171 g/mol. The van der Waals surface area contributed by atoms with Crippen molar-refractivity contribution in [2.24, 2.45) is 29.6 Å². The van der Waals surface area contributed by atoms with Crippen LogP contribution in [-0.2, 0) is 0 Å². The lowest BCUT2D eigenvalue weighted by atomic mass is 9.28. The molecule has 12 heavy (non-hydrogen) atoms. The van der Waals surface area contributed by atoms with Gasteiger partial charge in [-0.1, -0.05) is 0 Å². The van der Waals surface area contributed by atoms with Crippen molar-refractivity contribution >= 4 is 12.1 Å². The fourth-order valence-corrected chi connectivity index (χ4v) is 5.69. The average molecular weight is 184 g/mol. The van der Waals surface area contributed by atoms with Gasteiger partial charge in [0.15, 0.2) is 0 Å². The molecule has 0 saturated heterocycles. The molecule has 0 heterocycles. The highest BCUT2D eigenvalue weighted by molar-refractivity contribution is 7.95. The van der Waals surface area contributed by atoms with Crippen molar-refractivity contribution in [3.63, 3.8) is 0 Å². The molecule has 6 atom stereocenters. The Hall–Kier alpha value is 0.280. The maximum Gasteiger partial charge on any atom is 0.0540 e. The van der Waals surface area contributed by atoms with Gasteiger partial charge in [0.05, 0.1) is 16.9 Å². The summed E-state index contributed by atoms with van der Waals surface area (Å²) in [6.07, 6.45) is 5.40. The summed E-state index contributed by atoms with van der Waals surface area (Å²) >= 11 is 0.712. The van der Waals surface area contributed by atoms with Gasteiger partial charge in [-0.2, -0.15) is 3.89 Å². The number of halogens is 1. The molecule has 0 aromatic carbocycles. The van der Waals surface area contributed by atoms with Crippen LogP contribution in [0.5, 0.6) is 0 Å². The van der Waals surface area contributed by atoms with E-state index >= 15 is 0 Å². The van der Waals surface area contributed by atoms with E-state index in [9.17, 15) is 3.89 Å². The zero-order valence-corrected chi connectivity index (χ0v) is 7.82. The second-order valence-electron chi connectivity index (χ2n) is 5.19. The Kier molecular flexibility index (Phi) is 0.963. The average Bonchev–Trinajstić information content (AvgIpc) is 2.00. The van der Waals surface area contributed by atoms with Crippen LogP contribution in [0.1, 0.15) is 25.7 Å². The van der Waals surface area contributed by atoms with Crippen molar-refractivity contribution in [1.82, 2.24) is 0 Å². The number of hydrogen-bond acceptors (Lipinski definition) is 1. The quantitative estimate of drug-likeness (QED) is 0.603. The first-order valence-corrected chi connectivity index (χ1v) is 5.90. The Labute approximate surface area is 76.6 Å². The number of fused-ring (bicyclic) bond motifs is 7.